The summed E-state index contributed by atoms with van der Waals surface area (Å²) in [7, 11) is 1.83. The lowest BCUT2D eigenvalue weighted by Crippen LogP contribution is -2.33. The molecule has 0 heterocycles. The lowest BCUT2D eigenvalue weighted by Gasteiger charge is -2.28. The number of hydrogen-bond donors (Lipinski definition) is 1. The zero-order chi connectivity index (χ0) is 13.9. The Hall–Kier alpha value is -1.07. The van der Waals surface area contributed by atoms with Crippen molar-refractivity contribution >= 4 is 0 Å². The molecule has 0 aliphatic carbocycles. The van der Waals surface area contributed by atoms with Crippen molar-refractivity contribution < 1.29 is 13.2 Å². The van der Waals surface area contributed by atoms with Crippen molar-refractivity contribution in [3.05, 3.63) is 35.1 Å². The summed E-state index contributed by atoms with van der Waals surface area (Å²) in [6.07, 6.45) is 0. The molecular formula is C13H19F3N2. The molecule has 0 aromatic heterocycles. The highest BCUT2D eigenvalue weighted by atomic mass is 19.2. The zero-order valence-corrected chi connectivity index (χ0v) is 10.9. The second kappa shape index (κ2) is 6.20. The molecule has 0 radical (unpaired) electrons. The maximum absolute atomic E-state index is 13.2. The van der Waals surface area contributed by atoms with E-state index in [4.69, 9.17) is 5.73 Å². The standard InChI is InChI=1S/C13H19F3N2/c1-8(2)7-18(3)12(6-17)9-4-10(14)13(16)11(15)5-9/h4-5,8,12H,6-7,17H2,1-3H3. The van der Waals surface area contributed by atoms with E-state index in [-0.39, 0.29) is 12.6 Å². The third-order valence-corrected chi connectivity index (χ3v) is 2.80. The minimum absolute atomic E-state index is 0.216. The van der Waals surface area contributed by atoms with Crippen LogP contribution in [0, 0.1) is 23.4 Å². The van der Waals surface area contributed by atoms with Gasteiger partial charge in [-0.25, -0.2) is 13.2 Å². The van der Waals surface area contributed by atoms with Gasteiger partial charge in [0.2, 0.25) is 0 Å². The third-order valence-electron chi connectivity index (χ3n) is 2.80. The van der Waals surface area contributed by atoms with Gasteiger partial charge in [-0.2, -0.15) is 0 Å². The summed E-state index contributed by atoms with van der Waals surface area (Å²) in [6, 6.07) is 1.69. The molecule has 1 rings (SSSR count). The Morgan fingerprint density at radius 1 is 1.17 bits per heavy atom. The number of nitrogens with two attached hydrogens (primary N) is 1. The summed E-state index contributed by atoms with van der Waals surface area (Å²) in [5, 5.41) is 0. The van der Waals surface area contributed by atoms with Gasteiger partial charge in [-0.05, 0) is 30.7 Å². The van der Waals surface area contributed by atoms with E-state index in [1.807, 2.05) is 25.8 Å². The molecule has 102 valence electrons. The smallest absolute Gasteiger partial charge is 0.194 e. The molecule has 18 heavy (non-hydrogen) atoms. The molecule has 0 saturated heterocycles. The van der Waals surface area contributed by atoms with Crippen LogP contribution in [0.2, 0.25) is 0 Å². The Bertz CT molecular complexity index is 384. The van der Waals surface area contributed by atoms with E-state index in [0.29, 0.717) is 11.5 Å². The van der Waals surface area contributed by atoms with Gasteiger partial charge in [0.15, 0.2) is 17.5 Å². The van der Waals surface area contributed by atoms with Crippen molar-refractivity contribution in [2.75, 3.05) is 20.1 Å². The number of likely N-dealkylation sites (N-methyl/N-ethyl adjacent to an activating group) is 1. The maximum atomic E-state index is 13.2. The maximum Gasteiger partial charge on any atom is 0.194 e. The van der Waals surface area contributed by atoms with E-state index >= 15 is 0 Å². The van der Waals surface area contributed by atoms with E-state index in [2.05, 4.69) is 0 Å². The number of halogens is 3. The van der Waals surface area contributed by atoms with Crippen molar-refractivity contribution in [3.8, 4) is 0 Å². The van der Waals surface area contributed by atoms with E-state index in [0.717, 1.165) is 18.7 Å². The topological polar surface area (TPSA) is 29.3 Å². The molecule has 0 bridgehead atoms. The van der Waals surface area contributed by atoms with Gasteiger partial charge >= 0.3 is 0 Å². The molecule has 1 unspecified atom stereocenters. The van der Waals surface area contributed by atoms with E-state index < -0.39 is 17.5 Å². The summed E-state index contributed by atoms with van der Waals surface area (Å²) in [4.78, 5) is 1.91. The molecule has 5 heteroatoms. The van der Waals surface area contributed by atoms with Crippen LogP contribution in [-0.2, 0) is 0 Å². The Kier molecular flexibility index (Phi) is 5.16. The average Bonchev–Trinajstić information content (AvgIpc) is 2.25. The largest absolute Gasteiger partial charge is 0.329 e. The predicted molar refractivity (Wildman–Crippen MR) is 65.6 cm³/mol. The minimum atomic E-state index is -1.44. The fourth-order valence-electron chi connectivity index (χ4n) is 2.04. The number of benzene rings is 1. The molecule has 1 aromatic carbocycles. The summed E-state index contributed by atoms with van der Waals surface area (Å²) in [5.74, 6) is -3.40. The summed E-state index contributed by atoms with van der Waals surface area (Å²) in [5.41, 5.74) is 6.00. The fraction of sp³-hybridized carbons (Fsp3) is 0.538. The first-order valence-electron chi connectivity index (χ1n) is 5.91. The Morgan fingerprint density at radius 2 is 1.67 bits per heavy atom. The van der Waals surface area contributed by atoms with Gasteiger partial charge in [0.05, 0.1) is 0 Å². The van der Waals surface area contributed by atoms with Gasteiger partial charge in [-0.3, -0.25) is 4.90 Å². The molecule has 0 aliphatic heterocycles. The molecule has 0 amide bonds. The monoisotopic (exact) mass is 260 g/mol. The molecule has 0 fully saturated rings. The number of nitrogens with zero attached hydrogens (tertiary/aromatic N) is 1. The molecule has 2 N–H and O–H groups in total. The fourth-order valence-corrected chi connectivity index (χ4v) is 2.04. The van der Waals surface area contributed by atoms with Gasteiger partial charge < -0.3 is 5.73 Å². The van der Waals surface area contributed by atoms with Crippen LogP contribution in [-0.4, -0.2) is 25.0 Å². The number of rotatable bonds is 5. The Labute approximate surface area is 106 Å². The molecule has 1 atom stereocenters. The summed E-state index contributed by atoms with van der Waals surface area (Å²) in [6.45, 7) is 5.03. The lowest BCUT2D eigenvalue weighted by atomic mass is 10.0. The normalized spacial score (nSPS) is 13.4. The second-order valence-electron chi connectivity index (χ2n) is 4.88. The quantitative estimate of drug-likeness (QED) is 0.825. The molecule has 0 aliphatic rings. The number of hydrogen-bond acceptors (Lipinski definition) is 2. The van der Waals surface area contributed by atoms with Crippen LogP contribution in [0.15, 0.2) is 12.1 Å². The highest BCUT2D eigenvalue weighted by Crippen LogP contribution is 2.23. The van der Waals surface area contributed by atoms with E-state index in [1.165, 1.54) is 0 Å². The van der Waals surface area contributed by atoms with Crippen molar-refractivity contribution in [1.82, 2.24) is 4.90 Å². The van der Waals surface area contributed by atoms with Gasteiger partial charge in [0.25, 0.3) is 0 Å². The zero-order valence-electron chi connectivity index (χ0n) is 10.9. The third kappa shape index (κ3) is 3.46. The van der Waals surface area contributed by atoms with Crippen molar-refractivity contribution in [1.29, 1.82) is 0 Å². The van der Waals surface area contributed by atoms with Crippen molar-refractivity contribution in [2.45, 2.75) is 19.9 Å². The highest BCUT2D eigenvalue weighted by Gasteiger charge is 2.20. The van der Waals surface area contributed by atoms with Crippen molar-refractivity contribution in [3.63, 3.8) is 0 Å². The summed E-state index contributed by atoms with van der Waals surface area (Å²) < 4.78 is 39.3. The first-order chi connectivity index (χ1) is 8.36. The van der Waals surface area contributed by atoms with Crippen LogP contribution in [0.25, 0.3) is 0 Å². The molecule has 0 saturated carbocycles. The Balaban J connectivity index is 3.02. The van der Waals surface area contributed by atoms with Gasteiger partial charge in [-0.1, -0.05) is 13.8 Å². The highest BCUT2D eigenvalue weighted by molar-refractivity contribution is 5.23. The van der Waals surface area contributed by atoms with Gasteiger partial charge in [-0.15, -0.1) is 0 Å². The van der Waals surface area contributed by atoms with Gasteiger partial charge in [0, 0.05) is 19.1 Å². The van der Waals surface area contributed by atoms with E-state index in [9.17, 15) is 13.2 Å². The van der Waals surface area contributed by atoms with Crippen LogP contribution in [0.1, 0.15) is 25.5 Å². The average molecular weight is 260 g/mol. The van der Waals surface area contributed by atoms with Crippen molar-refractivity contribution in [2.24, 2.45) is 11.7 Å². The van der Waals surface area contributed by atoms with Crippen LogP contribution < -0.4 is 5.73 Å². The summed E-state index contributed by atoms with van der Waals surface area (Å²) >= 11 is 0. The molecule has 2 nitrogen and oxygen atoms in total. The van der Waals surface area contributed by atoms with Crippen LogP contribution in [0.5, 0.6) is 0 Å². The van der Waals surface area contributed by atoms with Gasteiger partial charge in [0.1, 0.15) is 0 Å². The molecule has 1 aromatic rings. The van der Waals surface area contributed by atoms with Crippen LogP contribution >= 0.6 is 0 Å². The molecular weight excluding hydrogens is 241 g/mol. The second-order valence-corrected chi connectivity index (χ2v) is 4.88. The van der Waals surface area contributed by atoms with E-state index in [1.54, 1.807) is 0 Å². The first kappa shape index (κ1) is 15.0. The lowest BCUT2D eigenvalue weighted by molar-refractivity contribution is 0.222. The first-order valence-corrected chi connectivity index (χ1v) is 5.91. The predicted octanol–water partition coefficient (Wildman–Crippen LogP) is 2.69. The SMILES string of the molecule is CC(C)CN(C)C(CN)c1cc(F)c(F)c(F)c1. The molecule has 0 spiro atoms. The minimum Gasteiger partial charge on any atom is -0.329 e. The van der Waals surface area contributed by atoms with Crippen LogP contribution in [0.4, 0.5) is 13.2 Å². The van der Waals surface area contributed by atoms with Crippen LogP contribution in [0.3, 0.4) is 0 Å². The Morgan fingerprint density at radius 3 is 2.06 bits per heavy atom.